The number of nitrogens with one attached hydrogen (secondary N) is 1. The van der Waals surface area contributed by atoms with E-state index >= 15 is 0 Å². The number of nitrogens with zero attached hydrogens (tertiary/aromatic N) is 1. The molecule has 0 aromatic heterocycles. The number of hydrogen-bond donors (Lipinski definition) is 1. The van der Waals surface area contributed by atoms with Crippen LogP contribution in [0.4, 0.5) is 0 Å². The highest BCUT2D eigenvalue weighted by Crippen LogP contribution is 2.19. The molecule has 1 unspecified atom stereocenters. The number of likely N-dealkylation sites (tertiary alicyclic amines) is 1. The van der Waals surface area contributed by atoms with Gasteiger partial charge in [0.1, 0.15) is 0 Å². The van der Waals surface area contributed by atoms with Crippen LogP contribution in [0, 0.1) is 5.92 Å². The summed E-state index contributed by atoms with van der Waals surface area (Å²) < 4.78 is 24.8. The maximum atomic E-state index is 12.1. The van der Waals surface area contributed by atoms with Gasteiger partial charge >= 0.3 is 0 Å². The third kappa shape index (κ3) is 4.85. The van der Waals surface area contributed by atoms with Crippen molar-refractivity contribution in [3.8, 4) is 0 Å². The molecule has 1 aliphatic heterocycles. The minimum Gasteiger partial charge on any atom is -0.342 e. The Kier molecular flexibility index (Phi) is 5.61. The van der Waals surface area contributed by atoms with E-state index in [0.29, 0.717) is 25.9 Å². The SMILES string of the molecule is CC(C)C(Br)C(=O)N1CCC(NS(C)(=O)=O)CC1. The molecule has 0 saturated carbocycles. The lowest BCUT2D eigenvalue weighted by molar-refractivity contribution is -0.132. The topological polar surface area (TPSA) is 66.5 Å². The summed E-state index contributed by atoms with van der Waals surface area (Å²) in [4.78, 5) is 13.7. The largest absolute Gasteiger partial charge is 0.342 e. The third-order valence-electron chi connectivity index (χ3n) is 3.01. The number of carbonyl (C=O) groups excluding carboxylic acids is 1. The van der Waals surface area contributed by atoms with Gasteiger partial charge in [-0.15, -0.1) is 0 Å². The molecule has 1 aliphatic rings. The Morgan fingerprint density at radius 2 is 1.83 bits per heavy atom. The van der Waals surface area contributed by atoms with Gasteiger partial charge in [0, 0.05) is 19.1 Å². The van der Waals surface area contributed by atoms with Gasteiger partial charge in [-0.2, -0.15) is 0 Å². The third-order valence-corrected chi connectivity index (χ3v) is 5.22. The first-order chi connectivity index (χ1) is 8.20. The summed E-state index contributed by atoms with van der Waals surface area (Å²) in [6, 6.07) is -0.0446. The second-order valence-electron chi connectivity index (χ2n) is 5.14. The van der Waals surface area contributed by atoms with Crippen LogP contribution >= 0.6 is 15.9 Å². The summed E-state index contributed by atoms with van der Waals surface area (Å²) in [5.41, 5.74) is 0. The van der Waals surface area contributed by atoms with Crippen LogP contribution in [-0.4, -0.2) is 49.4 Å². The number of sulfonamides is 1. The lowest BCUT2D eigenvalue weighted by atomic mass is 10.0. The molecule has 0 radical (unpaired) electrons. The van der Waals surface area contributed by atoms with E-state index in [4.69, 9.17) is 0 Å². The van der Waals surface area contributed by atoms with E-state index in [-0.39, 0.29) is 22.7 Å². The van der Waals surface area contributed by atoms with E-state index in [0.717, 1.165) is 6.26 Å². The van der Waals surface area contributed by atoms with E-state index in [1.54, 1.807) is 4.90 Å². The summed E-state index contributed by atoms with van der Waals surface area (Å²) in [5.74, 6) is 0.354. The smallest absolute Gasteiger partial charge is 0.236 e. The number of amides is 1. The van der Waals surface area contributed by atoms with Gasteiger partial charge in [0.2, 0.25) is 15.9 Å². The predicted molar refractivity (Wildman–Crippen MR) is 75.1 cm³/mol. The van der Waals surface area contributed by atoms with Crippen molar-refractivity contribution in [1.82, 2.24) is 9.62 Å². The second-order valence-corrected chi connectivity index (χ2v) is 7.90. The summed E-state index contributed by atoms with van der Waals surface area (Å²) >= 11 is 3.40. The van der Waals surface area contributed by atoms with Gasteiger partial charge in [0.05, 0.1) is 11.1 Å². The van der Waals surface area contributed by atoms with Crippen molar-refractivity contribution in [1.29, 1.82) is 0 Å². The van der Waals surface area contributed by atoms with Crippen LogP contribution in [0.5, 0.6) is 0 Å². The second kappa shape index (κ2) is 6.34. The standard InChI is InChI=1S/C11H21BrN2O3S/c1-8(2)10(12)11(15)14-6-4-9(5-7-14)13-18(3,16)17/h8-10,13H,4-7H2,1-3H3. The van der Waals surface area contributed by atoms with Gasteiger partial charge in [-0.3, -0.25) is 4.79 Å². The Bertz CT molecular complexity index is 389. The molecule has 5 nitrogen and oxygen atoms in total. The van der Waals surface area contributed by atoms with Gasteiger partial charge in [-0.25, -0.2) is 13.1 Å². The Balaban J connectivity index is 2.47. The van der Waals surface area contributed by atoms with Crippen molar-refractivity contribution < 1.29 is 13.2 Å². The normalized spacial score (nSPS) is 20.2. The zero-order chi connectivity index (χ0) is 13.9. The molecule has 0 spiro atoms. The van der Waals surface area contributed by atoms with Crippen LogP contribution in [0.2, 0.25) is 0 Å². The summed E-state index contributed by atoms with van der Waals surface area (Å²) in [6.45, 7) is 5.21. The van der Waals surface area contributed by atoms with Crippen molar-refractivity contribution in [2.45, 2.75) is 37.6 Å². The van der Waals surface area contributed by atoms with Crippen LogP contribution in [-0.2, 0) is 14.8 Å². The molecule has 0 bridgehead atoms. The molecule has 18 heavy (non-hydrogen) atoms. The van der Waals surface area contributed by atoms with Crippen LogP contribution in [0.15, 0.2) is 0 Å². The lowest BCUT2D eigenvalue weighted by Crippen LogP contribution is -2.48. The molecule has 1 saturated heterocycles. The molecule has 1 heterocycles. The number of rotatable bonds is 4. The Morgan fingerprint density at radius 1 is 1.33 bits per heavy atom. The van der Waals surface area contributed by atoms with Crippen LogP contribution < -0.4 is 4.72 Å². The van der Waals surface area contributed by atoms with Gasteiger partial charge in [-0.1, -0.05) is 29.8 Å². The lowest BCUT2D eigenvalue weighted by Gasteiger charge is -2.33. The molecule has 7 heteroatoms. The summed E-state index contributed by atoms with van der Waals surface area (Å²) in [6.07, 6.45) is 2.52. The Labute approximate surface area is 117 Å². The van der Waals surface area contributed by atoms with Crippen LogP contribution in [0.1, 0.15) is 26.7 Å². The molecule has 1 fully saturated rings. The predicted octanol–water partition coefficient (Wildman–Crippen LogP) is 0.946. The monoisotopic (exact) mass is 340 g/mol. The van der Waals surface area contributed by atoms with E-state index in [1.165, 1.54) is 0 Å². The fourth-order valence-corrected chi connectivity index (χ4v) is 3.11. The maximum absolute atomic E-state index is 12.1. The minimum atomic E-state index is -3.15. The highest BCUT2D eigenvalue weighted by Gasteiger charge is 2.29. The molecule has 106 valence electrons. The highest BCUT2D eigenvalue weighted by molar-refractivity contribution is 9.10. The van der Waals surface area contributed by atoms with Crippen molar-refractivity contribution in [2.24, 2.45) is 5.92 Å². The number of piperidine rings is 1. The molecule has 1 atom stereocenters. The zero-order valence-electron chi connectivity index (χ0n) is 11.0. The highest BCUT2D eigenvalue weighted by atomic mass is 79.9. The average molecular weight is 341 g/mol. The van der Waals surface area contributed by atoms with Crippen molar-refractivity contribution in [3.63, 3.8) is 0 Å². The summed E-state index contributed by atoms with van der Waals surface area (Å²) in [5, 5.41) is 0. The number of alkyl halides is 1. The van der Waals surface area contributed by atoms with Crippen molar-refractivity contribution in [2.75, 3.05) is 19.3 Å². The fourth-order valence-electron chi connectivity index (χ4n) is 1.98. The van der Waals surface area contributed by atoms with Gasteiger partial charge in [0.25, 0.3) is 0 Å². The first-order valence-electron chi connectivity index (χ1n) is 6.11. The average Bonchev–Trinajstić information content (AvgIpc) is 2.26. The molecule has 0 aromatic carbocycles. The Morgan fingerprint density at radius 3 is 2.22 bits per heavy atom. The zero-order valence-corrected chi connectivity index (χ0v) is 13.4. The van der Waals surface area contributed by atoms with Crippen LogP contribution in [0.3, 0.4) is 0 Å². The maximum Gasteiger partial charge on any atom is 0.236 e. The summed E-state index contributed by atoms with van der Waals surface area (Å²) in [7, 11) is -3.15. The van der Waals surface area contributed by atoms with E-state index < -0.39 is 10.0 Å². The number of carbonyl (C=O) groups is 1. The first kappa shape index (κ1) is 15.9. The van der Waals surface area contributed by atoms with Crippen LogP contribution in [0.25, 0.3) is 0 Å². The van der Waals surface area contributed by atoms with Gasteiger partial charge in [-0.05, 0) is 18.8 Å². The quantitative estimate of drug-likeness (QED) is 0.774. The van der Waals surface area contributed by atoms with Crippen molar-refractivity contribution >= 4 is 31.9 Å². The Hall–Kier alpha value is -0.140. The fraction of sp³-hybridized carbons (Fsp3) is 0.909. The van der Waals surface area contributed by atoms with Gasteiger partial charge < -0.3 is 4.90 Å². The molecule has 0 aromatic rings. The molecular formula is C11H21BrN2O3S. The van der Waals surface area contributed by atoms with E-state index in [2.05, 4.69) is 20.7 Å². The van der Waals surface area contributed by atoms with Gasteiger partial charge in [0.15, 0.2) is 0 Å². The molecule has 1 amide bonds. The van der Waals surface area contributed by atoms with E-state index in [9.17, 15) is 13.2 Å². The molecule has 1 N–H and O–H groups in total. The minimum absolute atomic E-state index is 0.0446. The first-order valence-corrected chi connectivity index (χ1v) is 8.91. The van der Waals surface area contributed by atoms with E-state index in [1.807, 2.05) is 13.8 Å². The molecule has 1 rings (SSSR count). The van der Waals surface area contributed by atoms with Crippen molar-refractivity contribution in [3.05, 3.63) is 0 Å². The molecule has 0 aliphatic carbocycles. The number of halogens is 1. The molecular weight excluding hydrogens is 320 g/mol. The number of hydrogen-bond acceptors (Lipinski definition) is 3.